The van der Waals surface area contributed by atoms with Crippen molar-refractivity contribution in [3.8, 4) is 5.75 Å². The van der Waals surface area contributed by atoms with Crippen LogP contribution in [0, 0.1) is 18.6 Å². The van der Waals surface area contributed by atoms with E-state index in [1.54, 1.807) is 0 Å². The summed E-state index contributed by atoms with van der Waals surface area (Å²) in [5, 5.41) is 0. The molecule has 27 heavy (non-hydrogen) atoms. The van der Waals surface area contributed by atoms with Crippen LogP contribution in [0.3, 0.4) is 0 Å². The summed E-state index contributed by atoms with van der Waals surface area (Å²) in [5.74, 6) is -1.49. The van der Waals surface area contributed by atoms with E-state index in [0.29, 0.717) is 37.2 Å². The van der Waals surface area contributed by atoms with Crippen molar-refractivity contribution < 1.29 is 18.3 Å². The molecule has 4 nitrogen and oxygen atoms in total. The number of piperidine rings is 1. The second-order valence-corrected chi connectivity index (χ2v) is 7.08. The van der Waals surface area contributed by atoms with E-state index in [1.165, 1.54) is 6.07 Å². The Bertz CT molecular complexity index is 831. The number of anilines is 1. The number of nitrogens with zero attached hydrogens (tertiary/aromatic N) is 2. The molecule has 1 aliphatic rings. The predicted molar refractivity (Wildman–Crippen MR) is 101 cm³/mol. The van der Waals surface area contributed by atoms with Crippen LogP contribution in [0.1, 0.15) is 28.8 Å². The number of amides is 1. The number of carbonyl (C=O) groups is 1. The van der Waals surface area contributed by atoms with Gasteiger partial charge >= 0.3 is 0 Å². The van der Waals surface area contributed by atoms with Gasteiger partial charge in [-0.1, -0.05) is 0 Å². The molecule has 0 aliphatic carbocycles. The van der Waals surface area contributed by atoms with E-state index < -0.39 is 11.6 Å². The van der Waals surface area contributed by atoms with E-state index in [4.69, 9.17) is 4.74 Å². The number of likely N-dealkylation sites (tertiary alicyclic amines) is 1. The average molecular weight is 374 g/mol. The maximum atomic E-state index is 13.3. The van der Waals surface area contributed by atoms with Crippen molar-refractivity contribution in [3.63, 3.8) is 0 Å². The lowest BCUT2D eigenvalue weighted by Crippen LogP contribution is -2.41. The van der Waals surface area contributed by atoms with Gasteiger partial charge in [-0.05, 0) is 42.8 Å². The maximum absolute atomic E-state index is 13.3. The van der Waals surface area contributed by atoms with Crippen LogP contribution in [0.4, 0.5) is 14.5 Å². The molecule has 0 unspecified atom stereocenters. The van der Waals surface area contributed by atoms with Crippen molar-refractivity contribution in [2.45, 2.75) is 25.9 Å². The minimum atomic E-state index is -0.920. The highest BCUT2D eigenvalue weighted by molar-refractivity contribution is 5.95. The molecule has 6 heteroatoms. The Kier molecular flexibility index (Phi) is 5.63. The summed E-state index contributed by atoms with van der Waals surface area (Å²) < 4.78 is 32.0. The van der Waals surface area contributed by atoms with Gasteiger partial charge < -0.3 is 14.5 Å². The fourth-order valence-corrected chi connectivity index (χ4v) is 3.39. The highest BCUT2D eigenvalue weighted by atomic mass is 19.2. The Labute approximate surface area is 158 Å². The first-order valence-corrected chi connectivity index (χ1v) is 9.04. The van der Waals surface area contributed by atoms with Crippen LogP contribution in [0.2, 0.25) is 0 Å². The molecule has 0 atom stereocenters. The van der Waals surface area contributed by atoms with Gasteiger partial charge in [0.05, 0.1) is 0 Å². The normalized spacial score (nSPS) is 14.9. The van der Waals surface area contributed by atoms with E-state index in [9.17, 15) is 13.6 Å². The third kappa shape index (κ3) is 4.38. The molecule has 0 bridgehead atoms. The van der Waals surface area contributed by atoms with Crippen molar-refractivity contribution in [1.82, 2.24) is 4.90 Å². The highest BCUT2D eigenvalue weighted by Crippen LogP contribution is 2.24. The zero-order valence-corrected chi connectivity index (χ0v) is 15.8. The van der Waals surface area contributed by atoms with Crippen molar-refractivity contribution in [2.24, 2.45) is 0 Å². The molecule has 3 rings (SSSR count). The van der Waals surface area contributed by atoms with Crippen molar-refractivity contribution in [1.29, 1.82) is 0 Å². The van der Waals surface area contributed by atoms with Gasteiger partial charge in [0.15, 0.2) is 11.6 Å². The van der Waals surface area contributed by atoms with Gasteiger partial charge in [0.25, 0.3) is 5.91 Å². The van der Waals surface area contributed by atoms with Crippen LogP contribution in [-0.2, 0) is 0 Å². The predicted octanol–water partition coefficient (Wildman–Crippen LogP) is 4.02. The van der Waals surface area contributed by atoms with Crippen molar-refractivity contribution in [2.75, 3.05) is 32.1 Å². The Morgan fingerprint density at radius 3 is 2.37 bits per heavy atom. The minimum absolute atomic E-state index is 0.00897. The summed E-state index contributed by atoms with van der Waals surface area (Å²) in [5.41, 5.74) is 2.82. The minimum Gasteiger partial charge on any atom is -0.490 e. The molecule has 1 saturated heterocycles. The molecule has 2 aromatic carbocycles. The zero-order chi connectivity index (χ0) is 19.6. The zero-order valence-electron chi connectivity index (χ0n) is 15.8. The number of hydrogen-bond donors (Lipinski definition) is 0. The monoisotopic (exact) mass is 374 g/mol. The van der Waals surface area contributed by atoms with Gasteiger partial charge in [-0.3, -0.25) is 4.79 Å². The molecular formula is C21H24F2N2O2. The highest BCUT2D eigenvalue weighted by Gasteiger charge is 2.25. The van der Waals surface area contributed by atoms with E-state index >= 15 is 0 Å². The number of benzene rings is 2. The molecule has 2 aromatic rings. The fraction of sp³-hybridized carbons (Fsp3) is 0.381. The van der Waals surface area contributed by atoms with Gasteiger partial charge in [-0.25, -0.2) is 8.78 Å². The summed E-state index contributed by atoms with van der Waals surface area (Å²) in [6, 6.07) is 9.27. The maximum Gasteiger partial charge on any atom is 0.253 e. The van der Waals surface area contributed by atoms with E-state index in [0.717, 1.165) is 23.4 Å². The smallest absolute Gasteiger partial charge is 0.253 e. The van der Waals surface area contributed by atoms with E-state index in [-0.39, 0.29) is 12.0 Å². The van der Waals surface area contributed by atoms with Gasteiger partial charge in [-0.15, -0.1) is 0 Å². The Balaban J connectivity index is 1.59. The quantitative estimate of drug-likeness (QED) is 0.810. The molecule has 0 aromatic heterocycles. The topological polar surface area (TPSA) is 32.8 Å². The van der Waals surface area contributed by atoms with Crippen LogP contribution in [0.25, 0.3) is 0 Å². The fourth-order valence-electron chi connectivity index (χ4n) is 3.39. The van der Waals surface area contributed by atoms with Gasteiger partial charge in [0, 0.05) is 57.3 Å². The third-order valence-corrected chi connectivity index (χ3v) is 4.85. The molecule has 144 valence electrons. The number of rotatable bonds is 4. The molecule has 0 radical (unpaired) electrons. The molecular weight excluding hydrogens is 350 g/mol. The lowest BCUT2D eigenvalue weighted by Gasteiger charge is -2.32. The Morgan fingerprint density at radius 1 is 1.07 bits per heavy atom. The van der Waals surface area contributed by atoms with Crippen LogP contribution in [-0.4, -0.2) is 44.1 Å². The molecule has 0 saturated carbocycles. The molecule has 1 fully saturated rings. The first-order valence-electron chi connectivity index (χ1n) is 9.04. The van der Waals surface area contributed by atoms with Gasteiger partial charge in [-0.2, -0.15) is 0 Å². The SMILES string of the molecule is Cc1cc(C(=O)N2CCC(Oc3ccc(F)c(F)c3)CC2)ccc1N(C)C. The first kappa shape index (κ1) is 19.1. The Hall–Kier alpha value is -2.63. The summed E-state index contributed by atoms with van der Waals surface area (Å²) in [7, 11) is 3.95. The second-order valence-electron chi connectivity index (χ2n) is 7.08. The molecule has 0 spiro atoms. The summed E-state index contributed by atoms with van der Waals surface area (Å²) in [6.45, 7) is 3.14. The number of hydrogen-bond acceptors (Lipinski definition) is 3. The third-order valence-electron chi connectivity index (χ3n) is 4.85. The van der Waals surface area contributed by atoms with Crippen LogP contribution in [0.15, 0.2) is 36.4 Å². The summed E-state index contributed by atoms with van der Waals surface area (Å²) >= 11 is 0. The summed E-state index contributed by atoms with van der Waals surface area (Å²) in [4.78, 5) is 16.6. The van der Waals surface area contributed by atoms with Crippen LogP contribution < -0.4 is 9.64 Å². The largest absolute Gasteiger partial charge is 0.490 e. The van der Waals surface area contributed by atoms with Gasteiger partial charge in [0.2, 0.25) is 0 Å². The molecule has 1 aliphatic heterocycles. The number of carbonyl (C=O) groups excluding carboxylic acids is 1. The first-order chi connectivity index (χ1) is 12.8. The van der Waals surface area contributed by atoms with Crippen molar-refractivity contribution >= 4 is 11.6 Å². The van der Waals surface area contributed by atoms with E-state index in [2.05, 4.69) is 0 Å². The van der Waals surface area contributed by atoms with E-state index in [1.807, 2.05) is 49.0 Å². The summed E-state index contributed by atoms with van der Waals surface area (Å²) in [6.07, 6.45) is 1.19. The molecule has 1 heterocycles. The second kappa shape index (κ2) is 7.94. The molecule has 1 amide bonds. The number of aryl methyl sites for hydroxylation is 1. The van der Waals surface area contributed by atoms with Crippen LogP contribution >= 0.6 is 0 Å². The lowest BCUT2D eigenvalue weighted by atomic mass is 10.0. The molecule has 0 N–H and O–H groups in total. The average Bonchev–Trinajstić information content (AvgIpc) is 2.64. The van der Waals surface area contributed by atoms with Gasteiger partial charge in [0.1, 0.15) is 11.9 Å². The van der Waals surface area contributed by atoms with Crippen molar-refractivity contribution in [3.05, 3.63) is 59.2 Å². The van der Waals surface area contributed by atoms with Crippen LogP contribution in [0.5, 0.6) is 5.75 Å². The number of ether oxygens (including phenoxy) is 1. The number of halogens is 2. The Morgan fingerprint density at radius 2 is 1.78 bits per heavy atom. The lowest BCUT2D eigenvalue weighted by molar-refractivity contribution is 0.0595. The standard InChI is InChI=1S/C21H24F2N2O2/c1-14-12-15(4-7-20(14)24(2)3)21(26)25-10-8-16(9-11-25)27-17-5-6-18(22)19(23)13-17/h4-7,12-13,16H,8-11H2,1-3H3.